The first-order valence-electron chi connectivity index (χ1n) is 8.38. The first-order chi connectivity index (χ1) is 12.5. The summed E-state index contributed by atoms with van der Waals surface area (Å²) in [5, 5.41) is 11.0. The molecule has 1 amide bonds. The monoisotopic (exact) mass is 412 g/mol. The van der Waals surface area contributed by atoms with Gasteiger partial charge in [-0.1, -0.05) is 36.4 Å². The first kappa shape index (κ1) is 19.3. The Labute approximate surface area is 161 Å². The highest BCUT2D eigenvalue weighted by molar-refractivity contribution is 8.01. The van der Waals surface area contributed by atoms with Crippen molar-refractivity contribution in [3.63, 3.8) is 0 Å². The van der Waals surface area contributed by atoms with E-state index < -0.39 is 10.0 Å². The molecule has 1 N–H and O–H groups in total. The number of benzene rings is 1. The second-order valence-corrected chi connectivity index (χ2v) is 10.2. The SMILES string of the molecule is CCSc1nnc(NC(=O)c2ccc(S(=O)(=O)N3CCCCC3)cc2)s1. The molecule has 1 fully saturated rings. The van der Waals surface area contributed by atoms with E-state index in [4.69, 9.17) is 0 Å². The normalized spacial score (nSPS) is 15.7. The molecule has 7 nitrogen and oxygen atoms in total. The summed E-state index contributed by atoms with van der Waals surface area (Å²) in [6, 6.07) is 6.01. The molecule has 1 aromatic heterocycles. The van der Waals surface area contributed by atoms with Crippen LogP contribution in [0.2, 0.25) is 0 Å². The zero-order valence-corrected chi connectivity index (χ0v) is 16.8. The van der Waals surface area contributed by atoms with Gasteiger partial charge in [-0.3, -0.25) is 10.1 Å². The number of piperidine rings is 1. The van der Waals surface area contributed by atoms with Crippen molar-refractivity contribution >= 4 is 44.2 Å². The smallest absolute Gasteiger partial charge is 0.257 e. The lowest BCUT2D eigenvalue weighted by molar-refractivity contribution is 0.102. The number of carbonyl (C=O) groups is 1. The van der Waals surface area contributed by atoms with Crippen LogP contribution >= 0.6 is 23.1 Å². The highest BCUT2D eigenvalue weighted by atomic mass is 32.2. The van der Waals surface area contributed by atoms with E-state index in [0.29, 0.717) is 23.8 Å². The Kier molecular flexibility index (Phi) is 6.28. The van der Waals surface area contributed by atoms with Gasteiger partial charge in [-0.05, 0) is 42.9 Å². The van der Waals surface area contributed by atoms with Crippen molar-refractivity contribution in [2.75, 3.05) is 24.2 Å². The van der Waals surface area contributed by atoms with Crippen molar-refractivity contribution in [3.05, 3.63) is 29.8 Å². The molecule has 0 unspecified atom stereocenters. The number of nitrogens with one attached hydrogen (secondary N) is 1. The molecule has 0 radical (unpaired) electrons. The van der Waals surface area contributed by atoms with Gasteiger partial charge in [-0.15, -0.1) is 10.2 Å². The topological polar surface area (TPSA) is 92.3 Å². The molecule has 0 atom stereocenters. The van der Waals surface area contributed by atoms with E-state index in [1.165, 1.54) is 39.9 Å². The second-order valence-electron chi connectivity index (χ2n) is 5.75. The minimum absolute atomic E-state index is 0.216. The fraction of sp³-hybridized carbons (Fsp3) is 0.438. The summed E-state index contributed by atoms with van der Waals surface area (Å²) in [7, 11) is -3.49. The van der Waals surface area contributed by atoms with E-state index in [0.717, 1.165) is 29.4 Å². The molecule has 10 heteroatoms. The predicted octanol–water partition coefficient (Wildman–Crippen LogP) is 3.08. The number of anilines is 1. The van der Waals surface area contributed by atoms with Crippen LogP contribution in [0.3, 0.4) is 0 Å². The van der Waals surface area contributed by atoms with Crippen molar-refractivity contribution in [2.24, 2.45) is 0 Å². The Bertz CT molecular complexity index is 859. The summed E-state index contributed by atoms with van der Waals surface area (Å²) in [6.45, 7) is 3.13. The van der Waals surface area contributed by atoms with Crippen LogP contribution in [0.1, 0.15) is 36.5 Å². The standard InChI is InChI=1S/C16H20N4O3S3/c1-2-24-16-19-18-15(25-16)17-14(21)12-6-8-13(9-7-12)26(22,23)20-10-4-3-5-11-20/h6-9H,2-5,10-11H2,1H3,(H,17,18,21). The maximum Gasteiger partial charge on any atom is 0.257 e. The predicted molar refractivity (Wildman–Crippen MR) is 103 cm³/mol. The Morgan fingerprint density at radius 2 is 1.88 bits per heavy atom. The largest absolute Gasteiger partial charge is 0.296 e. The fourth-order valence-corrected chi connectivity index (χ4v) is 5.81. The highest BCUT2D eigenvalue weighted by Gasteiger charge is 2.26. The van der Waals surface area contributed by atoms with Crippen molar-refractivity contribution < 1.29 is 13.2 Å². The van der Waals surface area contributed by atoms with Gasteiger partial charge in [0.25, 0.3) is 5.91 Å². The molecule has 0 spiro atoms. The van der Waals surface area contributed by atoms with Gasteiger partial charge in [0.1, 0.15) is 0 Å². The summed E-state index contributed by atoms with van der Waals surface area (Å²) < 4.78 is 27.6. The molecule has 0 aliphatic carbocycles. The summed E-state index contributed by atoms with van der Waals surface area (Å²) in [4.78, 5) is 12.5. The lowest BCUT2D eigenvalue weighted by atomic mass is 10.2. The quantitative estimate of drug-likeness (QED) is 0.579. The summed E-state index contributed by atoms with van der Waals surface area (Å²) in [5.41, 5.74) is 0.377. The summed E-state index contributed by atoms with van der Waals surface area (Å²) in [5.74, 6) is 0.548. The fourth-order valence-electron chi connectivity index (χ4n) is 2.64. The van der Waals surface area contributed by atoms with Crippen LogP contribution in [-0.2, 0) is 10.0 Å². The van der Waals surface area contributed by atoms with E-state index in [2.05, 4.69) is 15.5 Å². The van der Waals surface area contributed by atoms with Crippen LogP contribution in [0.25, 0.3) is 0 Å². The molecule has 0 bridgehead atoms. The van der Waals surface area contributed by atoms with Crippen molar-refractivity contribution in [3.8, 4) is 0 Å². The molecular weight excluding hydrogens is 392 g/mol. The van der Waals surface area contributed by atoms with Gasteiger partial charge >= 0.3 is 0 Å². The first-order valence-corrected chi connectivity index (χ1v) is 11.6. The van der Waals surface area contributed by atoms with Crippen LogP contribution in [-0.4, -0.2) is 47.7 Å². The number of rotatable bonds is 6. The van der Waals surface area contributed by atoms with Crippen molar-refractivity contribution in [1.82, 2.24) is 14.5 Å². The third-order valence-electron chi connectivity index (χ3n) is 3.96. The minimum atomic E-state index is -3.49. The van der Waals surface area contributed by atoms with Gasteiger partial charge in [-0.25, -0.2) is 8.42 Å². The van der Waals surface area contributed by atoms with Gasteiger partial charge in [0.2, 0.25) is 15.2 Å². The van der Waals surface area contributed by atoms with Gasteiger partial charge in [-0.2, -0.15) is 4.31 Å². The minimum Gasteiger partial charge on any atom is -0.296 e. The number of amides is 1. The van der Waals surface area contributed by atoms with Crippen LogP contribution in [0.4, 0.5) is 5.13 Å². The maximum atomic E-state index is 12.6. The molecule has 0 saturated carbocycles. The van der Waals surface area contributed by atoms with Crippen LogP contribution in [0.15, 0.2) is 33.5 Å². The Morgan fingerprint density at radius 1 is 1.19 bits per heavy atom. The summed E-state index contributed by atoms with van der Waals surface area (Å²) in [6.07, 6.45) is 2.84. The number of thioether (sulfide) groups is 1. The number of sulfonamides is 1. The van der Waals surface area contributed by atoms with Crippen LogP contribution in [0.5, 0.6) is 0 Å². The number of hydrogen-bond acceptors (Lipinski definition) is 7. The number of nitrogens with zero attached hydrogens (tertiary/aromatic N) is 3. The molecule has 1 aliphatic heterocycles. The maximum absolute atomic E-state index is 12.6. The van der Waals surface area contributed by atoms with E-state index in [9.17, 15) is 13.2 Å². The van der Waals surface area contributed by atoms with E-state index >= 15 is 0 Å². The number of carbonyl (C=O) groups excluding carboxylic acids is 1. The van der Waals surface area contributed by atoms with Crippen molar-refractivity contribution in [1.29, 1.82) is 0 Å². The Balaban J connectivity index is 1.69. The molecule has 1 saturated heterocycles. The number of hydrogen-bond donors (Lipinski definition) is 1. The third kappa shape index (κ3) is 4.43. The molecule has 2 aromatic rings. The molecule has 1 aromatic carbocycles. The third-order valence-corrected chi connectivity index (χ3v) is 7.73. The average Bonchev–Trinajstić information content (AvgIpc) is 3.10. The molecular formula is C16H20N4O3S3. The van der Waals surface area contributed by atoms with Crippen molar-refractivity contribution in [2.45, 2.75) is 35.4 Å². The molecule has 1 aliphatic rings. The van der Waals surface area contributed by atoms with E-state index in [-0.39, 0.29) is 10.8 Å². The Hall–Kier alpha value is -1.49. The van der Waals surface area contributed by atoms with Gasteiger partial charge in [0.05, 0.1) is 4.90 Å². The second kappa shape index (κ2) is 8.47. The zero-order chi connectivity index (χ0) is 18.6. The number of aromatic nitrogens is 2. The zero-order valence-electron chi connectivity index (χ0n) is 14.3. The lowest BCUT2D eigenvalue weighted by Gasteiger charge is -2.25. The molecule has 2 heterocycles. The molecule has 3 rings (SSSR count). The van der Waals surface area contributed by atoms with Gasteiger partial charge in [0.15, 0.2) is 4.34 Å². The highest BCUT2D eigenvalue weighted by Crippen LogP contribution is 2.25. The van der Waals surface area contributed by atoms with Crippen LogP contribution in [0, 0.1) is 0 Å². The lowest BCUT2D eigenvalue weighted by Crippen LogP contribution is -2.35. The average molecular weight is 413 g/mol. The molecule has 26 heavy (non-hydrogen) atoms. The summed E-state index contributed by atoms with van der Waals surface area (Å²) >= 11 is 2.87. The van der Waals surface area contributed by atoms with Gasteiger partial charge < -0.3 is 0 Å². The van der Waals surface area contributed by atoms with E-state index in [1.807, 2.05) is 6.92 Å². The van der Waals surface area contributed by atoms with Crippen LogP contribution < -0.4 is 5.32 Å². The molecule has 140 valence electrons. The van der Waals surface area contributed by atoms with E-state index in [1.54, 1.807) is 11.8 Å². The van der Waals surface area contributed by atoms with Gasteiger partial charge in [0, 0.05) is 18.7 Å². The Morgan fingerprint density at radius 3 is 2.54 bits per heavy atom.